The maximum Gasteiger partial charge on any atom is 0.410 e. The van der Waals surface area contributed by atoms with Crippen LogP contribution in [0.3, 0.4) is 0 Å². The second kappa shape index (κ2) is 3.22. The maximum atomic E-state index is 11.7. The molecule has 2 aliphatic rings. The molecule has 1 heterocycles. The zero-order chi connectivity index (χ0) is 11.2. The first-order valence-electron chi connectivity index (χ1n) is 5.39. The topological polar surface area (TPSA) is 46.6 Å². The minimum absolute atomic E-state index is 0.192. The Morgan fingerprint density at radius 3 is 2.60 bits per heavy atom. The average Bonchev–Trinajstić information content (AvgIpc) is 2.58. The van der Waals surface area contributed by atoms with E-state index in [1.54, 1.807) is 4.90 Å². The summed E-state index contributed by atoms with van der Waals surface area (Å²) < 4.78 is 5.26. The van der Waals surface area contributed by atoms with Crippen LogP contribution in [0.4, 0.5) is 4.79 Å². The van der Waals surface area contributed by atoms with Gasteiger partial charge in [0.15, 0.2) is 5.78 Å². The molecule has 0 N–H and O–H groups in total. The fraction of sp³-hybridized carbons (Fsp3) is 0.818. The number of Topliss-reactive ketones (excluding diaryl/α,β-unsaturated/α-hetero) is 1. The molecular formula is C11H17NO3. The summed E-state index contributed by atoms with van der Waals surface area (Å²) in [6.45, 7) is 6.19. The van der Waals surface area contributed by atoms with E-state index in [1.165, 1.54) is 0 Å². The molecule has 0 unspecified atom stereocenters. The monoisotopic (exact) mass is 211 g/mol. The number of likely N-dealkylation sites (tertiary alicyclic amines) is 1. The smallest absolute Gasteiger partial charge is 0.410 e. The molecule has 2 rings (SSSR count). The zero-order valence-electron chi connectivity index (χ0n) is 9.45. The van der Waals surface area contributed by atoms with Crippen LogP contribution in [-0.4, -0.2) is 35.0 Å². The molecule has 84 valence electrons. The second-order valence-electron chi connectivity index (χ2n) is 5.42. The number of hydrogen-bond donors (Lipinski definition) is 0. The molecule has 1 saturated heterocycles. The molecule has 2 fully saturated rings. The number of carbonyl (C=O) groups is 2. The summed E-state index contributed by atoms with van der Waals surface area (Å²) in [6.07, 6.45) is 1.13. The molecule has 2 atom stereocenters. The lowest BCUT2D eigenvalue weighted by atomic mass is 10.1. The van der Waals surface area contributed by atoms with Gasteiger partial charge in [-0.15, -0.1) is 0 Å². The third-order valence-corrected chi connectivity index (χ3v) is 2.88. The molecule has 4 nitrogen and oxygen atoms in total. The molecule has 0 spiro atoms. The number of ether oxygens (including phenoxy) is 1. The Hall–Kier alpha value is -1.06. The Labute approximate surface area is 89.6 Å². The minimum atomic E-state index is -0.484. The van der Waals surface area contributed by atoms with Crippen LogP contribution in [0.1, 0.15) is 33.6 Å². The molecular weight excluding hydrogens is 194 g/mol. The van der Waals surface area contributed by atoms with Crippen LogP contribution in [0, 0.1) is 5.92 Å². The van der Waals surface area contributed by atoms with Gasteiger partial charge in [0, 0.05) is 13.0 Å². The molecule has 2 bridgehead atoms. The summed E-state index contributed by atoms with van der Waals surface area (Å²) in [4.78, 5) is 24.8. The maximum absolute atomic E-state index is 11.7. The van der Waals surface area contributed by atoms with Gasteiger partial charge >= 0.3 is 6.09 Å². The Balaban J connectivity index is 2.01. The van der Waals surface area contributed by atoms with E-state index in [1.807, 2.05) is 20.8 Å². The number of hydrogen-bond acceptors (Lipinski definition) is 3. The lowest BCUT2D eigenvalue weighted by Gasteiger charge is -2.29. The van der Waals surface area contributed by atoms with Gasteiger partial charge in [-0.1, -0.05) is 0 Å². The van der Waals surface area contributed by atoms with Crippen LogP contribution in [-0.2, 0) is 9.53 Å². The number of piperidine rings is 1. The predicted molar refractivity (Wildman–Crippen MR) is 54.5 cm³/mol. The van der Waals surface area contributed by atoms with Crippen LogP contribution in [0.15, 0.2) is 0 Å². The van der Waals surface area contributed by atoms with E-state index >= 15 is 0 Å². The molecule has 1 amide bonds. The van der Waals surface area contributed by atoms with E-state index in [4.69, 9.17) is 4.74 Å². The highest BCUT2D eigenvalue weighted by Crippen LogP contribution is 2.35. The van der Waals surface area contributed by atoms with Crippen molar-refractivity contribution in [3.05, 3.63) is 0 Å². The fourth-order valence-electron chi connectivity index (χ4n) is 2.32. The van der Waals surface area contributed by atoms with E-state index in [9.17, 15) is 9.59 Å². The van der Waals surface area contributed by atoms with Crippen molar-refractivity contribution in [3.63, 3.8) is 0 Å². The van der Waals surface area contributed by atoms with Crippen molar-refractivity contribution in [2.24, 2.45) is 5.92 Å². The molecule has 0 aromatic rings. The Bertz CT molecular complexity index is 305. The third kappa shape index (κ3) is 1.98. The molecule has 0 aromatic heterocycles. The van der Waals surface area contributed by atoms with Crippen LogP contribution < -0.4 is 0 Å². The van der Waals surface area contributed by atoms with Crippen molar-refractivity contribution in [2.75, 3.05) is 6.54 Å². The third-order valence-electron chi connectivity index (χ3n) is 2.88. The van der Waals surface area contributed by atoms with Crippen molar-refractivity contribution >= 4 is 11.9 Å². The van der Waals surface area contributed by atoms with Gasteiger partial charge < -0.3 is 4.74 Å². The molecule has 1 saturated carbocycles. The van der Waals surface area contributed by atoms with Gasteiger partial charge in [0.1, 0.15) is 5.60 Å². The summed E-state index contributed by atoms with van der Waals surface area (Å²) in [5, 5.41) is 0. The van der Waals surface area contributed by atoms with E-state index in [0.717, 1.165) is 6.42 Å². The minimum Gasteiger partial charge on any atom is -0.444 e. The SMILES string of the molecule is CC(C)(C)OC(=O)N1C[C@@H]2CC(=O)[C@@H]1C2. The van der Waals surface area contributed by atoms with Gasteiger partial charge in [-0.05, 0) is 33.1 Å². The van der Waals surface area contributed by atoms with Crippen LogP contribution in [0.5, 0.6) is 0 Å². The number of amides is 1. The quantitative estimate of drug-likeness (QED) is 0.611. The van der Waals surface area contributed by atoms with Gasteiger partial charge in [0.25, 0.3) is 0 Å². The number of rotatable bonds is 0. The lowest BCUT2D eigenvalue weighted by Crippen LogP contribution is -2.45. The van der Waals surface area contributed by atoms with Crippen molar-refractivity contribution in [3.8, 4) is 0 Å². The highest BCUT2D eigenvalue weighted by atomic mass is 16.6. The van der Waals surface area contributed by atoms with Crippen LogP contribution in [0.2, 0.25) is 0 Å². The van der Waals surface area contributed by atoms with Crippen molar-refractivity contribution < 1.29 is 14.3 Å². The van der Waals surface area contributed by atoms with E-state index in [0.29, 0.717) is 18.9 Å². The van der Waals surface area contributed by atoms with Crippen LogP contribution >= 0.6 is 0 Å². The number of carbonyl (C=O) groups excluding carboxylic acids is 2. The van der Waals surface area contributed by atoms with Gasteiger partial charge in [-0.3, -0.25) is 9.69 Å². The number of ketones is 1. The van der Waals surface area contributed by atoms with Gasteiger partial charge in [0.05, 0.1) is 6.04 Å². The molecule has 15 heavy (non-hydrogen) atoms. The van der Waals surface area contributed by atoms with Crippen molar-refractivity contribution in [1.29, 1.82) is 0 Å². The Morgan fingerprint density at radius 1 is 1.47 bits per heavy atom. The fourth-order valence-corrected chi connectivity index (χ4v) is 2.32. The Kier molecular flexibility index (Phi) is 2.24. The molecule has 1 aliphatic heterocycles. The van der Waals surface area contributed by atoms with E-state index < -0.39 is 5.60 Å². The van der Waals surface area contributed by atoms with Gasteiger partial charge in [0.2, 0.25) is 0 Å². The summed E-state index contributed by atoms with van der Waals surface area (Å²) in [5.41, 5.74) is -0.484. The highest BCUT2D eigenvalue weighted by molar-refractivity contribution is 5.91. The molecule has 0 radical (unpaired) electrons. The first-order chi connectivity index (χ1) is 6.87. The summed E-state index contributed by atoms with van der Waals surface area (Å²) in [6, 6.07) is -0.204. The second-order valence-corrected chi connectivity index (χ2v) is 5.42. The molecule has 0 aromatic carbocycles. The summed E-state index contributed by atoms with van der Waals surface area (Å²) >= 11 is 0. The van der Waals surface area contributed by atoms with Crippen molar-refractivity contribution in [2.45, 2.75) is 45.3 Å². The predicted octanol–water partition coefficient (Wildman–Crippen LogP) is 1.58. The first kappa shape index (κ1) is 10.5. The summed E-state index contributed by atoms with van der Waals surface area (Å²) in [7, 11) is 0. The molecule has 1 aliphatic carbocycles. The largest absolute Gasteiger partial charge is 0.444 e. The average molecular weight is 211 g/mol. The Morgan fingerprint density at radius 2 is 2.13 bits per heavy atom. The normalized spacial score (nSPS) is 29.8. The summed E-state index contributed by atoms with van der Waals surface area (Å²) in [5.74, 6) is 0.562. The van der Waals surface area contributed by atoms with E-state index in [-0.39, 0.29) is 17.9 Å². The van der Waals surface area contributed by atoms with Gasteiger partial charge in [-0.2, -0.15) is 0 Å². The van der Waals surface area contributed by atoms with Gasteiger partial charge in [-0.25, -0.2) is 4.79 Å². The zero-order valence-corrected chi connectivity index (χ0v) is 9.45. The first-order valence-corrected chi connectivity index (χ1v) is 5.39. The van der Waals surface area contributed by atoms with E-state index in [2.05, 4.69) is 0 Å². The van der Waals surface area contributed by atoms with Crippen LogP contribution in [0.25, 0.3) is 0 Å². The standard InChI is InChI=1S/C11H17NO3/c1-11(2,3)15-10(14)12-6-7-4-8(12)9(13)5-7/h7-8H,4-6H2,1-3H3/t7-,8-/m0/s1. The van der Waals surface area contributed by atoms with Crippen molar-refractivity contribution in [1.82, 2.24) is 4.90 Å². The lowest BCUT2D eigenvalue weighted by molar-refractivity contribution is -0.123. The number of nitrogens with zero attached hydrogens (tertiary/aromatic N) is 1. The highest BCUT2D eigenvalue weighted by Gasteiger charge is 2.47. The molecule has 4 heteroatoms. The number of fused-ring (bicyclic) bond motifs is 2.